The van der Waals surface area contributed by atoms with Crippen molar-refractivity contribution in [1.82, 2.24) is 4.31 Å². The lowest BCUT2D eigenvalue weighted by Crippen LogP contribution is -2.38. The van der Waals surface area contributed by atoms with Gasteiger partial charge < -0.3 is 9.47 Å². The fourth-order valence-electron chi connectivity index (χ4n) is 1.29. The summed E-state index contributed by atoms with van der Waals surface area (Å²) >= 11 is 0. The Morgan fingerprint density at radius 2 is 1.94 bits per heavy atom. The van der Waals surface area contributed by atoms with E-state index >= 15 is 0 Å². The summed E-state index contributed by atoms with van der Waals surface area (Å²) in [5.41, 5.74) is 0. The first-order valence-corrected chi connectivity index (χ1v) is 7.12. The standard InChI is InChI=1S/C10H21NO5S/c1-4-6-11(9-10(12)16-3)17(13,14)8-5-7-15-2/h4-9H2,1-3H3. The largest absolute Gasteiger partial charge is 0.468 e. The van der Waals surface area contributed by atoms with Gasteiger partial charge in [0.05, 0.1) is 12.9 Å². The van der Waals surface area contributed by atoms with Crippen molar-refractivity contribution in [2.24, 2.45) is 0 Å². The van der Waals surface area contributed by atoms with Gasteiger partial charge in [0.1, 0.15) is 6.54 Å². The molecular formula is C10H21NO5S. The number of ether oxygens (including phenoxy) is 2. The van der Waals surface area contributed by atoms with Crippen LogP contribution in [-0.4, -0.2) is 58.4 Å². The summed E-state index contributed by atoms with van der Waals surface area (Å²) < 4.78 is 34.3. The topological polar surface area (TPSA) is 72.9 Å². The van der Waals surface area contributed by atoms with Gasteiger partial charge >= 0.3 is 5.97 Å². The molecule has 0 heterocycles. The quantitative estimate of drug-likeness (QED) is 0.442. The molecule has 0 aromatic heterocycles. The van der Waals surface area contributed by atoms with Crippen LogP contribution in [0.2, 0.25) is 0 Å². The molecule has 0 rings (SSSR count). The Morgan fingerprint density at radius 1 is 1.29 bits per heavy atom. The first-order chi connectivity index (χ1) is 7.97. The number of sulfonamides is 1. The Balaban J connectivity index is 4.49. The van der Waals surface area contributed by atoms with Gasteiger partial charge in [-0.05, 0) is 12.8 Å². The van der Waals surface area contributed by atoms with Crippen molar-refractivity contribution >= 4 is 16.0 Å². The van der Waals surface area contributed by atoms with Crippen molar-refractivity contribution in [3.8, 4) is 0 Å². The van der Waals surface area contributed by atoms with Crippen molar-refractivity contribution < 1.29 is 22.7 Å². The highest BCUT2D eigenvalue weighted by Gasteiger charge is 2.23. The molecule has 0 saturated carbocycles. The number of carbonyl (C=O) groups is 1. The highest BCUT2D eigenvalue weighted by Crippen LogP contribution is 2.05. The second kappa shape index (κ2) is 8.43. The zero-order valence-electron chi connectivity index (χ0n) is 10.6. The van der Waals surface area contributed by atoms with Gasteiger partial charge in [-0.1, -0.05) is 6.92 Å². The van der Waals surface area contributed by atoms with Crippen molar-refractivity contribution in [2.75, 3.05) is 39.7 Å². The van der Waals surface area contributed by atoms with E-state index in [9.17, 15) is 13.2 Å². The van der Waals surface area contributed by atoms with Crippen LogP contribution in [0.1, 0.15) is 19.8 Å². The maximum Gasteiger partial charge on any atom is 0.321 e. The Morgan fingerprint density at radius 3 is 2.41 bits per heavy atom. The highest BCUT2D eigenvalue weighted by atomic mass is 32.2. The van der Waals surface area contributed by atoms with Gasteiger partial charge in [0.2, 0.25) is 10.0 Å². The fraction of sp³-hybridized carbons (Fsp3) is 0.900. The molecule has 7 heteroatoms. The molecule has 102 valence electrons. The summed E-state index contributed by atoms with van der Waals surface area (Å²) in [4.78, 5) is 11.1. The Labute approximate surface area is 103 Å². The summed E-state index contributed by atoms with van der Waals surface area (Å²) in [6.07, 6.45) is 1.07. The van der Waals surface area contributed by atoms with E-state index in [2.05, 4.69) is 4.74 Å². The minimum atomic E-state index is -3.41. The predicted octanol–water partition coefficient (Wildman–Crippen LogP) is 0.238. The number of hydrogen-bond acceptors (Lipinski definition) is 5. The van der Waals surface area contributed by atoms with Crippen LogP contribution < -0.4 is 0 Å². The Hall–Kier alpha value is -0.660. The van der Waals surface area contributed by atoms with Crippen LogP contribution in [0.5, 0.6) is 0 Å². The Kier molecular flexibility index (Phi) is 8.11. The van der Waals surface area contributed by atoms with Crippen LogP contribution in [0.4, 0.5) is 0 Å². The molecule has 0 bridgehead atoms. The molecule has 0 aliphatic carbocycles. The van der Waals surface area contributed by atoms with E-state index in [-0.39, 0.29) is 12.3 Å². The number of carbonyl (C=O) groups excluding carboxylic acids is 1. The van der Waals surface area contributed by atoms with Gasteiger partial charge in [-0.15, -0.1) is 0 Å². The lowest BCUT2D eigenvalue weighted by molar-refractivity contribution is -0.140. The number of methoxy groups -OCH3 is 2. The summed E-state index contributed by atoms with van der Waals surface area (Å²) in [6, 6.07) is 0. The first kappa shape index (κ1) is 16.3. The van der Waals surface area contributed by atoms with E-state index in [1.54, 1.807) is 0 Å². The molecule has 0 unspecified atom stereocenters. The Bertz CT molecular complexity index is 315. The maximum absolute atomic E-state index is 11.9. The van der Waals surface area contributed by atoms with E-state index in [1.165, 1.54) is 14.2 Å². The van der Waals surface area contributed by atoms with Gasteiger partial charge in [-0.25, -0.2) is 8.42 Å². The molecule has 0 N–H and O–H groups in total. The van der Waals surface area contributed by atoms with Gasteiger partial charge in [0.15, 0.2) is 0 Å². The average Bonchev–Trinajstić information content (AvgIpc) is 2.28. The third kappa shape index (κ3) is 6.60. The third-order valence-corrected chi connectivity index (χ3v) is 4.05. The lowest BCUT2D eigenvalue weighted by Gasteiger charge is -2.20. The van der Waals surface area contributed by atoms with Gasteiger partial charge in [-0.2, -0.15) is 4.31 Å². The zero-order valence-corrected chi connectivity index (χ0v) is 11.5. The van der Waals surface area contributed by atoms with Crippen LogP contribution in [0.3, 0.4) is 0 Å². The molecule has 6 nitrogen and oxygen atoms in total. The van der Waals surface area contributed by atoms with Crippen LogP contribution in [0, 0.1) is 0 Å². The van der Waals surface area contributed by atoms with E-state index in [0.29, 0.717) is 26.0 Å². The molecule has 0 radical (unpaired) electrons. The maximum atomic E-state index is 11.9. The second-order valence-electron chi connectivity index (χ2n) is 3.57. The minimum absolute atomic E-state index is 0.0160. The molecule has 0 spiro atoms. The van der Waals surface area contributed by atoms with Crippen molar-refractivity contribution in [2.45, 2.75) is 19.8 Å². The highest BCUT2D eigenvalue weighted by molar-refractivity contribution is 7.89. The van der Waals surface area contributed by atoms with Crippen LogP contribution in [0.25, 0.3) is 0 Å². The van der Waals surface area contributed by atoms with Gasteiger partial charge in [0, 0.05) is 20.3 Å². The first-order valence-electron chi connectivity index (χ1n) is 5.51. The molecule has 0 aromatic carbocycles. The minimum Gasteiger partial charge on any atom is -0.468 e. The molecule has 0 aliphatic heterocycles. The molecule has 0 amide bonds. The molecule has 0 aliphatic rings. The van der Waals surface area contributed by atoms with Crippen molar-refractivity contribution in [3.63, 3.8) is 0 Å². The van der Waals surface area contributed by atoms with Crippen LogP contribution in [-0.2, 0) is 24.3 Å². The second-order valence-corrected chi connectivity index (χ2v) is 5.66. The summed E-state index contributed by atoms with van der Waals surface area (Å²) in [7, 11) is -0.651. The summed E-state index contributed by atoms with van der Waals surface area (Å²) in [5, 5.41) is 0. The predicted molar refractivity (Wildman–Crippen MR) is 64.2 cm³/mol. The lowest BCUT2D eigenvalue weighted by atomic mass is 10.5. The van der Waals surface area contributed by atoms with E-state index in [4.69, 9.17) is 4.74 Å². The van der Waals surface area contributed by atoms with Crippen LogP contribution in [0.15, 0.2) is 0 Å². The molecule has 0 saturated heterocycles. The molecule has 0 aromatic rings. The number of rotatable bonds is 9. The average molecular weight is 267 g/mol. The number of nitrogens with zero attached hydrogens (tertiary/aromatic N) is 1. The van der Waals surface area contributed by atoms with E-state index in [1.807, 2.05) is 6.92 Å². The van der Waals surface area contributed by atoms with Crippen molar-refractivity contribution in [3.05, 3.63) is 0 Å². The van der Waals surface area contributed by atoms with Crippen LogP contribution >= 0.6 is 0 Å². The van der Waals surface area contributed by atoms with Gasteiger partial charge in [0.25, 0.3) is 0 Å². The number of hydrogen-bond donors (Lipinski definition) is 0. The monoisotopic (exact) mass is 267 g/mol. The third-order valence-electron chi connectivity index (χ3n) is 2.15. The molecule has 0 fully saturated rings. The summed E-state index contributed by atoms with van der Waals surface area (Å²) in [6.45, 7) is 2.34. The van der Waals surface area contributed by atoms with Gasteiger partial charge in [-0.3, -0.25) is 4.79 Å². The molecule has 0 atom stereocenters. The normalized spacial score (nSPS) is 11.8. The van der Waals surface area contributed by atoms with E-state index in [0.717, 1.165) is 4.31 Å². The van der Waals surface area contributed by atoms with E-state index < -0.39 is 16.0 Å². The molecular weight excluding hydrogens is 246 g/mol. The SMILES string of the molecule is CCCN(CC(=O)OC)S(=O)(=O)CCCOC. The zero-order chi connectivity index (χ0) is 13.3. The number of esters is 1. The van der Waals surface area contributed by atoms with Crippen molar-refractivity contribution in [1.29, 1.82) is 0 Å². The molecule has 17 heavy (non-hydrogen) atoms. The summed E-state index contributed by atoms with van der Waals surface area (Å²) in [5.74, 6) is -0.563. The fourth-order valence-corrected chi connectivity index (χ4v) is 2.79. The smallest absolute Gasteiger partial charge is 0.321 e.